The van der Waals surface area contributed by atoms with Gasteiger partial charge in [0.25, 0.3) is 0 Å². The fourth-order valence-electron chi connectivity index (χ4n) is 6.41. The Morgan fingerprint density at radius 1 is 0.568 bits per heavy atom. The van der Waals surface area contributed by atoms with Gasteiger partial charge in [-0.1, -0.05) is 156 Å². The van der Waals surface area contributed by atoms with Crippen LogP contribution in [0.15, 0.2) is 0 Å². The molecule has 5 heteroatoms. The molecule has 0 amide bonds. The van der Waals surface area contributed by atoms with Crippen LogP contribution in [0.5, 0.6) is 0 Å². The van der Waals surface area contributed by atoms with Gasteiger partial charge in [0.1, 0.15) is 0 Å². The highest BCUT2D eigenvalue weighted by molar-refractivity contribution is 5.69. The van der Waals surface area contributed by atoms with Crippen molar-refractivity contribution in [3.05, 3.63) is 0 Å². The Hall–Kier alpha value is -0.650. The first-order chi connectivity index (χ1) is 21.6. The molecule has 0 aliphatic heterocycles. The number of hydrogen-bond donors (Lipinski definition) is 2. The zero-order valence-corrected chi connectivity index (χ0v) is 30.1. The van der Waals surface area contributed by atoms with Crippen molar-refractivity contribution in [2.75, 3.05) is 32.8 Å². The van der Waals surface area contributed by atoms with Crippen LogP contribution in [0.2, 0.25) is 0 Å². The standard InChI is InChI=1S/C39H79NO4/c1-4-7-10-11-12-13-14-15-17-22-30-38(42)36-40(33-26-34-41)32-24-19-16-18-23-31-39(43)44-35-25-29-37(27-20-8-5-2)28-21-9-6-3/h37-38,41-42H,4-36H2,1-3H3/t38-/m1/s1. The van der Waals surface area contributed by atoms with E-state index in [-0.39, 0.29) is 18.7 Å². The molecule has 1 atom stereocenters. The average molecular weight is 626 g/mol. The molecule has 264 valence electrons. The second-order valence-corrected chi connectivity index (χ2v) is 13.7. The van der Waals surface area contributed by atoms with Gasteiger partial charge in [0, 0.05) is 26.1 Å². The fourth-order valence-corrected chi connectivity index (χ4v) is 6.41. The second-order valence-electron chi connectivity index (χ2n) is 13.7. The number of carbonyl (C=O) groups excluding carboxylic acids is 1. The number of hydrogen-bond acceptors (Lipinski definition) is 5. The maximum absolute atomic E-state index is 12.2. The van der Waals surface area contributed by atoms with Crippen molar-refractivity contribution in [1.82, 2.24) is 4.90 Å². The van der Waals surface area contributed by atoms with E-state index in [9.17, 15) is 15.0 Å². The summed E-state index contributed by atoms with van der Waals surface area (Å²) in [6.07, 6.45) is 33.4. The summed E-state index contributed by atoms with van der Waals surface area (Å²) in [6.45, 7) is 10.2. The minimum atomic E-state index is -0.262. The maximum atomic E-state index is 12.2. The third kappa shape index (κ3) is 31.3. The van der Waals surface area contributed by atoms with Crippen molar-refractivity contribution >= 4 is 5.97 Å². The van der Waals surface area contributed by atoms with Crippen LogP contribution >= 0.6 is 0 Å². The summed E-state index contributed by atoms with van der Waals surface area (Å²) in [4.78, 5) is 14.5. The molecule has 5 nitrogen and oxygen atoms in total. The van der Waals surface area contributed by atoms with Crippen LogP contribution in [0.4, 0.5) is 0 Å². The van der Waals surface area contributed by atoms with Crippen molar-refractivity contribution in [2.24, 2.45) is 5.92 Å². The molecular weight excluding hydrogens is 546 g/mol. The number of nitrogens with zero attached hydrogens (tertiary/aromatic N) is 1. The predicted molar refractivity (Wildman–Crippen MR) is 190 cm³/mol. The molecule has 0 heterocycles. The summed E-state index contributed by atoms with van der Waals surface area (Å²) >= 11 is 0. The third-order valence-electron chi connectivity index (χ3n) is 9.30. The number of aliphatic hydroxyl groups excluding tert-OH is 2. The van der Waals surface area contributed by atoms with Gasteiger partial charge in [0.2, 0.25) is 0 Å². The summed E-state index contributed by atoms with van der Waals surface area (Å²) in [5.41, 5.74) is 0. The molecule has 0 unspecified atom stereocenters. The Kier molecular flexibility index (Phi) is 34.7. The molecule has 0 radical (unpaired) electrons. The quantitative estimate of drug-likeness (QED) is 0.0535. The molecule has 0 saturated heterocycles. The van der Waals surface area contributed by atoms with Gasteiger partial charge in [-0.05, 0) is 51.0 Å². The van der Waals surface area contributed by atoms with Gasteiger partial charge in [-0.2, -0.15) is 0 Å². The van der Waals surface area contributed by atoms with Crippen molar-refractivity contribution in [2.45, 2.75) is 207 Å². The Labute approximate surface area is 275 Å². The lowest BCUT2D eigenvalue weighted by atomic mass is 9.91. The molecule has 2 N–H and O–H groups in total. The number of unbranched alkanes of at least 4 members (excludes halogenated alkanes) is 17. The smallest absolute Gasteiger partial charge is 0.305 e. The number of esters is 1. The van der Waals surface area contributed by atoms with Crippen LogP contribution in [0.25, 0.3) is 0 Å². The molecule has 0 bridgehead atoms. The van der Waals surface area contributed by atoms with Gasteiger partial charge in [0.15, 0.2) is 0 Å². The van der Waals surface area contributed by atoms with Crippen LogP contribution in [-0.4, -0.2) is 60.0 Å². The van der Waals surface area contributed by atoms with Crippen molar-refractivity contribution in [1.29, 1.82) is 0 Å². The first kappa shape index (κ1) is 43.4. The van der Waals surface area contributed by atoms with Gasteiger partial charge >= 0.3 is 5.97 Å². The third-order valence-corrected chi connectivity index (χ3v) is 9.30. The summed E-state index contributed by atoms with van der Waals surface area (Å²) in [5.74, 6) is 0.782. The normalized spacial score (nSPS) is 12.4. The largest absolute Gasteiger partial charge is 0.466 e. The number of ether oxygens (including phenoxy) is 1. The van der Waals surface area contributed by atoms with Gasteiger partial charge in [-0.3, -0.25) is 4.79 Å². The van der Waals surface area contributed by atoms with E-state index in [1.807, 2.05) is 0 Å². The Bertz CT molecular complexity index is 562. The zero-order chi connectivity index (χ0) is 32.4. The molecule has 44 heavy (non-hydrogen) atoms. The summed E-state index contributed by atoms with van der Waals surface area (Å²) in [5, 5.41) is 19.9. The molecule has 0 aliphatic rings. The zero-order valence-electron chi connectivity index (χ0n) is 30.1. The molecule has 0 aromatic rings. The number of aliphatic hydroxyl groups is 2. The lowest BCUT2D eigenvalue weighted by molar-refractivity contribution is -0.144. The van der Waals surface area contributed by atoms with E-state index < -0.39 is 0 Å². The van der Waals surface area contributed by atoms with Gasteiger partial charge in [-0.15, -0.1) is 0 Å². The fraction of sp³-hybridized carbons (Fsp3) is 0.974. The topological polar surface area (TPSA) is 70.0 Å². The first-order valence-electron chi connectivity index (χ1n) is 19.7. The van der Waals surface area contributed by atoms with Crippen LogP contribution < -0.4 is 0 Å². The van der Waals surface area contributed by atoms with E-state index in [1.165, 1.54) is 116 Å². The minimum Gasteiger partial charge on any atom is -0.466 e. The van der Waals surface area contributed by atoms with Crippen molar-refractivity contribution in [3.63, 3.8) is 0 Å². The Morgan fingerprint density at radius 2 is 1.02 bits per heavy atom. The molecular formula is C39H79NO4. The van der Waals surface area contributed by atoms with Gasteiger partial charge < -0.3 is 19.8 Å². The number of carbonyl (C=O) groups is 1. The Morgan fingerprint density at radius 3 is 1.61 bits per heavy atom. The lowest BCUT2D eigenvalue weighted by Crippen LogP contribution is -2.34. The average Bonchev–Trinajstić information content (AvgIpc) is 3.02. The second kappa shape index (κ2) is 35.2. The highest BCUT2D eigenvalue weighted by Crippen LogP contribution is 2.22. The van der Waals surface area contributed by atoms with E-state index in [4.69, 9.17) is 4.74 Å². The molecule has 0 fully saturated rings. The highest BCUT2D eigenvalue weighted by atomic mass is 16.5. The van der Waals surface area contributed by atoms with Crippen LogP contribution in [-0.2, 0) is 9.53 Å². The van der Waals surface area contributed by atoms with Crippen LogP contribution in [0.3, 0.4) is 0 Å². The van der Waals surface area contributed by atoms with E-state index in [1.54, 1.807) is 0 Å². The van der Waals surface area contributed by atoms with Crippen molar-refractivity contribution < 1.29 is 19.7 Å². The molecule has 0 spiro atoms. The van der Waals surface area contributed by atoms with Gasteiger partial charge in [0.05, 0.1) is 12.7 Å². The summed E-state index contributed by atoms with van der Waals surface area (Å²) in [7, 11) is 0. The molecule has 0 saturated carbocycles. The molecule has 0 rings (SSSR count). The van der Waals surface area contributed by atoms with E-state index in [0.717, 1.165) is 83.3 Å². The molecule has 0 aromatic carbocycles. The van der Waals surface area contributed by atoms with Crippen LogP contribution in [0.1, 0.15) is 201 Å². The van der Waals surface area contributed by atoms with Gasteiger partial charge in [-0.25, -0.2) is 0 Å². The van der Waals surface area contributed by atoms with Crippen molar-refractivity contribution in [3.8, 4) is 0 Å². The van der Waals surface area contributed by atoms with Crippen LogP contribution in [0, 0.1) is 5.92 Å². The summed E-state index contributed by atoms with van der Waals surface area (Å²) < 4.78 is 5.56. The first-order valence-corrected chi connectivity index (χ1v) is 19.7. The van der Waals surface area contributed by atoms with E-state index >= 15 is 0 Å². The minimum absolute atomic E-state index is 0.0231. The molecule has 0 aliphatic carbocycles. The van der Waals surface area contributed by atoms with E-state index in [2.05, 4.69) is 25.7 Å². The predicted octanol–water partition coefficient (Wildman–Crippen LogP) is 10.8. The SMILES string of the molecule is CCCCCCCCCCCC[C@@H](O)CN(CCCO)CCCCCCCC(=O)OCCCC(CCCCC)CCCCC. The lowest BCUT2D eigenvalue weighted by Gasteiger charge is -2.25. The maximum Gasteiger partial charge on any atom is 0.305 e. The monoisotopic (exact) mass is 626 g/mol. The highest BCUT2D eigenvalue weighted by Gasteiger charge is 2.12. The van der Waals surface area contributed by atoms with E-state index in [0.29, 0.717) is 13.0 Å². The molecule has 0 aromatic heterocycles. The Balaban J connectivity index is 3.89. The number of rotatable bonds is 36. The summed E-state index contributed by atoms with van der Waals surface area (Å²) in [6, 6.07) is 0.